The zero-order valence-corrected chi connectivity index (χ0v) is 17.1. The summed E-state index contributed by atoms with van der Waals surface area (Å²) in [5, 5.41) is 0. The van der Waals surface area contributed by atoms with Gasteiger partial charge < -0.3 is 4.57 Å². The molecule has 0 amide bonds. The fourth-order valence-corrected chi connectivity index (χ4v) is 4.39. The van der Waals surface area contributed by atoms with Crippen LogP contribution in [0.5, 0.6) is 0 Å². The van der Waals surface area contributed by atoms with E-state index >= 15 is 0 Å². The van der Waals surface area contributed by atoms with Crippen LogP contribution in [-0.2, 0) is 16.6 Å². The second-order valence-electron chi connectivity index (χ2n) is 6.85. The average molecular weight is 397 g/mol. The molecule has 1 heterocycles. The first kappa shape index (κ1) is 20.0. The van der Waals surface area contributed by atoms with Crippen molar-refractivity contribution in [1.82, 2.24) is 8.87 Å². The monoisotopic (exact) mass is 396 g/mol. The molecule has 0 saturated heterocycles. The molecule has 0 spiro atoms. The summed E-state index contributed by atoms with van der Waals surface area (Å²) < 4.78 is 28.5. The summed E-state index contributed by atoms with van der Waals surface area (Å²) in [4.78, 5) is 13.0. The lowest BCUT2D eigenvalue weighted by Crippen LogP contribution is -2.32. The third-order valence-corrected chi connectivity index (χ3v) is 6.69. The maximum atomic E-state index is 12.9. The highest BCUT2D eigenvalue weighted by atomic mass is 32.2. The number of hydrogen-bond donors (Lipinski definition) is 0. The number of sulfonamides is 1. The van der Waals surface area contributed by atoms with Gasteiger partial charge in [-0.3, -0.25) is 4.79 Å². The summed E-state index contributed by atoms with van der Waals surface area (Å²) in [7, 11) is -2.27. The van der Waals surface area contributed by atoms with E-state index in [9.17, 15) is 13.2 Å². The van der Waals surface area contributed by atoms with Crippen molar-refractivity contribution in [3.8, 4) is 0 Å². The predicted molar refractivity (Wildman–Crippen MR) is 110 cm³/mol. The SMILES string of the molecule is Cc1cc(C(=O)CN(C)S(=O)(=O)c2ccccc2)c(C)n1Cc1ccccc1. The molecule has 3 rings (SSSR count). The number of likely N-dealkylation sites (N-methyl/N-ethyl adjacent to an activating group) is 1. The lowest BCUT2D eigenvalue weighted by molar-refractivity contribution is 0.0972. The fraction of sp³-hybridized carbons (Fsp3) is 0.227. The molecule has 0 fully saturated rings. The van der Waals surface area contributed by atoms with Crippen molar-refractivity contribution in [2.75, 3.05) is 13.6 Å². The van der Waals surface area contributed by atoms with Crippen molar-refractivity contribution in [2.45, 2.75) is 25.3 Å². The first-order valence-corrected chi connectivity index (χ1v) is 10.5. The molecule has 0 atom stereocenters. The summed E-state index contributed by atoms with van der Waals surface area (Å²) in [5.41, 5.74) is 3.52. The maximum absolute atomic E-state index is 12.9. The van der Waals surface area contributed by atoms with Crippen LogP contribution in [0.1, 0.15) is 27.3 Å². The summed E-state index contributed by atoms with van der Waals surface area (Å²) >= 11 is 0. The zero-order chi connectivity index (χ0) is 20.3. The van der Waals surface area contributed by atoms with E-state index in [0.717, 1.165) is 21.3 Å². The van der Waals surface area contributed by atoms with Gasteiger partial charge in [-0.05, 0) is 37.6 Å². The molecule has 0 bridgehead atoms. The quantitative estimate of drug-likeness (QED) is 0.573. The lowest BCUT2D eigenvalue weighted by Gasteiger charge is -2.16. The largest absolute Gasteiger partial charge is 0.344 e. The van der Waals surface area contributed by atoms with Crippen LogP contribution >= 0.6 is 0 Å². The number of nitrogens with zero attached hydrogens (tertiary/aromatic N) is 2. The van der Waals surface area contributed by atoms with Crippen LogP contribution < -0.4 is 0 Å². The van der Waals surface area contributed by atoms with Crippen molar-refractivity contribution < 1.29 is 13.2 Å². The minimum Gasteiger partial charge on any atom is -0.344 e. The van der Waals surface area contributed by atoms with E-state index in [1.165, 1.54) is 19.2 Å². The highest BCUT2D eigenvalue weighted by Gasteiger charge is 2.25. The Balaban J connectivity index is 1.81. The van der Waals surface area contributed by atoms with Gasteiger partial charge in [0.15, 0.2) is 5.78 Å². The van der Waals surface area contributed by atoms with Gasteiger partial charge in [-0.15, -0.1) is 0 Å². The maximum Gasteiger partial charge on any atom is 0.243 e. The van der Waals surface area contributed by atoms with Crippen LogP contribution in [0.25, 0.3) is 0 Å². The number of aromatic nitrogens is 1. The van der Waals surface area contributed by atoms with Crippen LogP contribution in [0, 0.1) is 13.8 Å². The standard InChI is InChI=1S/C22H24N2O3S/c1-17-14-21(18(2)24(17)15-19-10-6-4-7-11-19)22(25)16-23(3)28(26,27)20-12-8-5-9-13-20/h4-14H,15-16H2,1-3H3. The van der Waals surface area contributed by atoms with Crippen LogP contribution in [-0.4, -0.2) is 36.7 Å². The van der Waals surface area contributed by atoms with Gasteiger partial charge in [0.25, 0.3) is 0 Å². The van der Waals surface area contributed by atoms with Gasteiger partial charge in [-0.1, -0.05) is 48.5 Å². The molecule has 1 aromatic heterocycles. The summed E-state index contributed by atoms with van der Waals surface area (Å²) in [5.74, 6) is -0.214. The number of hydrogen-bond acceptors (Lipinski definition) is 3. The van der Waals surface area contributed by atoms with Crippen LogP contribution in [0.4, 0.5) is 0 Å². The molecule has 0 radical (unpaired) electrons. The van der Waals surface area contributed by atoms with E-state index < -0.39 is 10.0 Å². The second kappa shape index (κ2) is 8.12. The van der Waals surface area contributed by atoms with Gasteiger partial charge in [0, 0.05) is 30.5 Å². The van der Waals surface area contributed by atoms with Gasteiger partial charge in [0.05, 0.1) is 11.4 Å². The first-order chi connectivity index (χ1) is 13.3. The summed E-state index contributed by atoms with van der Waals surface area (Å²) in [6.07, 6.45) is 0. The normalized spacial score (nSPS) is 11.7. The van der Waals surface area contributed by atoms with E-state index in [4.69, 9.17) is 0 Å². The van der Waals surface area contributed by atoms with E-state index in [2.05, 4.69) is 4.57 Å². The molecule has 0 saturated carbocycles. The Morgan fingerprint density at radius 2 is 1.54 bits per heavy atom. The highest BCUT2D eigenvalue weighted by molar-refractivity contribution is 7.89. The average Bonchev–Trinajstić information content (AvgIpc) is 2.97. The smallest absolute Gasteiger partial charge is 0.243 e. The number of benzene rings is 2. The molecule has 146 valence electrons. The summed E-state index contributed by atoms with van der Waals surface area (Å²) in [6, 6.07) is 20.0. The van der Waals surface area contributed by atoms with E-state index in [1.54, 1.807) is 18.2 Å². The van der Waals surface area contributed by atoms with Gasteiger partial charge in [-0.25, -0.2) is 8.42 Å². The van der Waals surface area contributed by atoms with Crippen LogP contribution in [0.15, 0.2) is 71.6 Å². The minimum atomic E-state index is -3.70. The number of carbonyl (C=O) groups is 1. The molecule has 5 nitrogen and oxygen atoms in total. The number of carbonyl (C=O) groups excluding carboxylic acids is 1. The van der Waals surface area contributed by atoms with E-state index in [1.807, 2.05) is 50.2 Å². The Labute approximate surface area is 166 Å². The molecule has 2 aromatic carbocycles. The summed E-state index contributed by atoms with van der Waals surface area (Å²) in [6.45, 7) is 4.32. The molecule has 28 heavy (non-hydrogen) atoms. The second-order valence-corrected chi connectivity index (χ2v) is 8.90. The highest BCUT2D eigenvalue weighted by Crippen LogP contribution is 2.20. The van der Waals surface area contributed by atoms with Crippen molar-refractivity contribution >= 4 is 15.8 Å². The van der Waals surface area contributed by atoms with Crippen molar-refractivity contribution in [3.05, 3.63) is 89.2 Å². The molecule has 0 N–H and O–H groups in total. The van der Waals surface area contributed by atoms with Crippen LogP contribution in [0.3, 0.4) is 0 Å². The van der Waals surface area contributed by atoms with Crippen LogP contribution in [0.2, 0.25) is 0 Å². The molecule has 0 aliphatic rings. The Hall–Kier alpha value is -2.70. The zero-order valence-electron chi connectivity index (χ0n) is 16.3. The third-order valence-electron chi connectivity index (χ3n) is 4.88. The molecule has 0 aliphatic carbocycles. The van der Waals surface area contributed by atoms with Gasteiger partial charge in [0.2, 0.25) is 10.0 Å². The Bertz CT molecular complexity index is 1070. The van der Waals surface area contributed by atoms with Gasteiger partial charge >= 0.3 is 0 Å². The molecule has 0 unspecified atom stereocenters. The molecule has 0 aliphatic heterocycles. The van der Waals surface area contributed by atoms with Gasteiger partial charge in [0.1, 0.15) is 0 Å². The molecular weight excluding hydrogens is 372 g/mol. The third kappa shape index (κ3) is 4.08. The fourth-order valence-electron chi connectivity index (χ4n) is 3.24. The Kier molecular flexibility index (Phi) is 5.82. The van der Waals surface area contributed by atoms with E-state index in [-0.39, 0.29) is 17.2 Å². The van der Waals surface area contributed by atoms with Crippen molar-refractivity contribution in [2.24, 2.45) is 0 Å². The Morgan fingerprint density at radius 3 is 2.14 bits per heavy atom. The van der Waals surface area contributed by atoms with Crippen molar-refractivity contribution in [3.63, 3.8) is 0 Å². The number of ketones is 1. The topological polar surface area (TPSA) is 59.4 Å². The molecular formula is C22H24N2O3S. The number of aryl methyl sites for hydroxylation is 1. The Morgan fingerprint density at radius 1 is 0.964 bits per heavy atom. The number of Topliss-reactive ketones (excluding diaryl/α,β-unsaturated/α-hetero) is 1. The predicted octanol–water partition coefficient (Wildman–Crippen LogP) is 3.66. The minimum absolute atomic E-state index is 0.180. The van der Waals surface area contributed by atoms with Crippen molar-refractivity contribution in [1.29, 1.82) is 0 Å². The number of rotatable bonds is 7. The lowest BCUT2D eigenvalue weighted by atomic mass is 10.1. The molecule has 6 heteroatoms. The van der Waals surface area contributed by atoms with Gasteiger partial charge in [-0.2, -0.15) is 4.31 Å². The van der Waals surface area contributed by atoms with E-state index in [0.29, 0.717) is 12.1 Å². The first-order valence-electron chi connectivity index (χ1n) is 9.06. The molecule has 3 aromatic rings.